The summed E-state index contributed by atoms with van der Waals surface area (Å²) < 4.78 is 19.4. The number of nitrogens with one attached hydrogen (secondary N) is 1. The van der Waals surface area contributed by atoms with Gasteiger partial charge in [-0.2, -0.15) is 0 Å². The van der Waals surface area contributed by atoms with Crippen molar-refractivity contribution in [2.45, 2.75) is 19.9 Å². The normalized spacial score (nSPS) is 10.3. The van der Waals surface area contributed by atoms with Crippen LogP contribution in [0.25, 0.3) is 0 Å². The van der Waals surface area contributed by atoms with Crippen LogP contribution in [0.1, 0.15) is 18.9 Å². The predicted octanol–water partition coefficient (Wildman–Crippen LogP) is 4.99. The second-order valence-electron chi connectivity index (χ2n) is 4.47. The van der Waals surface area contributed by atoms with Gasteiger partial charge in [0.2, 0.25) is 0 Å². The van der Waals surface area contributed by atoms with E-state index in [-0.39, 0.29) is 5.82 Å². The highest BCUT2D eigenvalue weighted by atomic mass is 79.9. The summed E-state index contributed by atoms with van der Waals surface area (Å²) in [5, 5.41) is 3.25. The Bertz CT molecular complexity index is 557. The summed E-state index contributed by atoms with van der Waals surface area (Å²) >= 11 is 3.51. The molecule has 0 atom stereocenters. The Morgan fingerprint density at radius 2 is 1.90 bits per heavy atom. The molecule has 4 heteroatoms. The summed E-state index contributed by atoms with van der Waals surface area (Å²) in [6.07, 6.45) is 0.986. The first-order valence-electron chi connectivity index (χ1n) is 6.59. The zero-order chi connectivity index (χ0) is 14.4. The van der Waals surface area contributed by atoms with Crippen molar-refractivity contribution in [3.05, 3.63) is 58.3 Å². The monoisotopic (exact) mass is 337 g/mol. The van der Waals surface area contributed by atoms with Gasteiger partial charge in [-0.1, -0.05) is 13.0 Å². The van der Waals surface area contributed by atoms with Gasteiger partial charge in [-0.05, 0) is 64.3 Å². The molecule has 0 spiro atoms. The lowest BCUT2D eigenvalue weighted by Crippen LogP contribution is -2.00. The molecule has 106 valence electrons. The first-order valence-corrected chi connectivity index (χ1v) is 7.39. The fourth-order valence-corrected chi connectivity index (χ4v) is 2.30. The molecule has 0 fully saturated rings. The van der Waals surface area contributed by atoms with Crippen molar-refractivity contribution in [3.63, 3.8) is 0 Å². The van der Waals surface area contributed by atoms with Crippen LogP contribution >= 0.6 is 15.9 Å². The summed E-state index contributed by atoms with van der Waals surface area (Å²) in [4.78, 5) is 0. The average Bonchev–Trinajstić information content (AvgIpc) is 2.46. The van der Waals surface area contributed by atoms with Gasteiger partial charge in [-0.15, -0.1) is 0 Å². The summed E-state index contributed by atoms with van der Waals surface area (Å²) in [7, 11) is 0. The van der Waals surface area contributed by atoms with Crippen molar-refractivity contribution in [2.75, 3.05) is 11.9 Å². The molecule has 0 unspecified atom stereocenters. The second kappa shape index (κ2) is 7.29. The van der Waals surface area contributed by atoms with Gasteiger partial charge in [0.05, 0.1) is 11.1 Å². The van der Waals surface area contributed by atoms with Crippen LogP contribution in [0.3, 0.4) is 0 Å². The molecule has 1 N–H and O–H groups in total. The summed E-state index contributed by atoms with van der Waals surface area (Å²) in [5.41, 5.74) is 2.03. The minimum Gasteiger partial charge on any atom is -0.492 e. The van der Waals surface area contributed by atoms with Gasteiger partial charge in [0.15, 0.2) is 0 Å². The maximum atomic E-state index is 12.8. The summed E-state index contributed by atoms with van der Waals surface area (Å²) in [5.74, 6) is 0.633. The number of ether oxygens (including phenoxy) is 1. The molecule has 0 aliphatic carbocycles. The Balaban J connectivity index is 1.96. The number of rotatable bonds is 6. The average molecular weight is 338 g/mol. The lowest BCUT2D eigenvalue weighted by Gasteiger charge is -2.10. The quantitative estimate of drug-likeness (QED) is 0.801. The predicted molar refractivity (Wildman–Crippen MR) is 83.7 cm³/mol. The van der Waals surface area contributed by atoms with E-state index in [1.54, 1.807) is 12.1 Å². The van der Waals surface area contributed by atoms with E-state index in [2.05, 4.69) is 28.2 Å². The highest BCUT2D eigenvalue weighted by Crippen LogP contribution is 2.26. The van der Waals surface area contributed by atoms with E-state index in [4.69, 9.17) is 4.74 Å². The lowest BCUT2D eigenvalue weighted by molar-refractivity contribution is 0.315. The van der Waals surface area contributed by atoms with E-state index in [0.717, 1.165) is 27.9 Å². The van der Waals surface area contributed by atoms with Crippen LogP contribution in [-0.4, -0.2) is 6.61 Å². The molecule has 0 aliphatic heterocycles. The molecule has 2 rings (SSSR count). The minimum atomic E-state index is -0.226. The molecule has 0 aromatic heterocycles. The standard InChI is InChI=1S/C16H17BrFNO/c1-2-9-20-16-8-3-12(10-15(16)17)11-19-14-6-4-13(18)5-7-14/h3-8,10,19H,2,9,11H2,1H3. The van der Waals surface area contributed by atoms with E-state index >= 15 is 0 Å². The number of halogens is 2. The van der Waals surface area contributed by atoms with Crippen LogP contribution in [0, 0.1) is 5.82 Å². The molecule has 2 nitrogen and oxygen atoms in total. The van der Waals surface area contributed by atoms with E-state index in [0.29, 0.717) is 13.2 Å². The van der Waals surface area contributed by atoms with E-state index in [1.165, 1.54) is 12.1 Å². The Kier molecular flexibility index (Phi) is 5.41. The summed E-state index contributed by atoms with van der Waals surface area (Å²) in [6.45, 7) is 3.47. The molecule has 0 aliphatic rings. The molecular weight excluding hydrogens is 321 g/mol. The van der Waals surface area contributed by atoms with Gasteiger partial charge in [-0.3, -0.25) is 0 Å². The van der Waals surface area contributed by atoms with E-state index < -0.39 is 0 Å². The van der Waals surface area contributed by atoms with Crippen LogP contribution in [0.5, 0.6) is 5.75 Å². The first kappa shape index (κ1) is 14.9. The van der Waals surface area contributed by atoms with Crippen molar-refractivity contribution >= 4 is 21.6 Å². The Morgan fingerprint density at radius 1 is 1.15 bits per heavy atom. The molecule has 2 aromatic carbocycles. The minimum absolute atomic E-state index is 0.226. The van der Waals surface area contributed by atoms with Crippen molar-refractivity contribution in [1.29, 1.82) is 0 Å². The SMILES string of the molecule is CCCOc1ccc(CNc2ccc(F)cc2)cc1Br. The maximum absolute atomic E-state index is 12.8. The second-order valence-corrected chi connectivity index (χ2v) is 5.33. The molecule has 0 bridgehead atoms. The molecule has 0 saturated heterocycles. The number of hydrogen-bond acceptors (Lipinski definition) is 2. The highest BCUT2D eigenvalue weighted by molar-refractivity contribution is 9.10. The van der Waals surface area contributed by atoms with Crippen molar-refractivity contribution < 1.29 is 9.13 Å². The number of hydrogen-bond donors (Lipinski definition) is 1. The highest BCUT2D eigenvalue weighted by Gasteiger charge is 2.02. The van der Waals surface area contributed by atoms with Crippen LogP contribution in [0.4, 0.5) is 10.1 Å². The third-order valence-electron chi connectivity index (χ3n) is 2.80. The molecule has 0 saturated carbocycles. The molecule has 0 radical (unpaired) electrons. The molecule has 0 heterocycles. The Labute approximate surface area is 127 Å². The van der Waals surface area contributed by atoms with Crippen LogP contribution in [0.2, 0.25) is 0 Å². The van der Waals surface area contributed by atoms with Crippen LogP contribution in [-0.2, 0) is 6.54 Å². The van der Waals surface area contributed by atoms with E-state index in [1.807, 2.05) is 18.2 Å². The molecule has 20 heavy (non-hydrogen) atoms. The van der Waals surface area contributed by atoms with Gasteiger partial charge >= 0.3 is 0 Å². The van der Waals surface area contributed by atoms with Gasteiger partial charge in [-0.25, -0.2) is 4.39 Å². The van der Waals surface area contributed by atoms with Crippen LogP contribution in [0.15, 0.2) is 46.9 Å². The molecule has 0 amide bonds. The molecule has 2 aromatic rings. The Hall–Kier alpha value is -1.55. The largest absolute Gasteiger partial charge is 0.492 e. The first-order chi connectivity index (χ1) is 9.69. The van der Waals surface area contributed by atoms with Gasteiger partial charge in [0.1, 0.15) is 11.6 Å². The lowest BCUT2D eigenvalue weighted by atomic mass is 10.2. The third-order valence-corrected chi connectivity index (χ3v) is 3.42. The van der Waals surface area contributed by atoms with Crippen molar-refractivity contribution in [3.8, 4) is 5.75 Å². The van der Waals surface area contributed by atoms with Crippen LogP contribution < -0.4 is 10.1 Å². The summed E-state index contributed by atoms with van der Waals surface area (Å²) in [6, 6.07) is 12.3. The third kappa shape index (κ3) is 4.23. The Morgan fingerprint density at radius 3 is 2.55 bits per heavy atom. The van der Waals surface area contributed by atoms with Gasteiger partial charge < -0.3 is 10.1 Å². The maximum Gasteiger partial charge on any atom is 0.133 e. The van der Waals surface area contributed by atoms with Gasteiger partial charge in [0, 0.05) is 12.2 Å². The fraction of sp³-hybridized carbons (Fsp3) is 0.250. The van der Waals surface area contributed by atoms with Crippen molar-refractivity contribution in [2.24, 2.45) is 0 Å². The van der Waals surface area contributed by atoms with Gasteiger partial charge in [0.25, 0.3) is 0 Å². The fourth-order valence-electron chi connectivity index (χ4n) is 1.76. The number of benzene rings is 2. The van der Waals surface area contributed by atoms with E-state index in [9.17, 15) is 4.39 Å². The number of anilines is 1. The van der Waals surface area contributed by atoms with Crippen molar-refractivity contribution in [1.82, 2.24) is 0 Å². The smallest absolute Gasteiger partial charge is 0.133 e. The zero-order valence-electron chi connectivity index (χ0n) is 11.3. The topological polar surface area (TPSA) is 21.3 Å². The zero-order valence-corrected chi connectivity index (χ0v) is 12.9. The molecular formula is C16H17BrFNO.